The highest BCUT2D eigenvalue weighted by Gasteiger charge is 2.25. The van der Waals surface area contributed by atoms with Crippen molar-refractivity contribution >= 4 is 12.0 Å². The Balaban J connectivity index is 1.47. The third kappa shape index (κ3) is 4.04. The van der Waals surface area contributed by atoms with E-state index in [9.17, 15) is 4.79 Å². The predicted octanol–water partition coefficient (Wildman–Crippen LogP) is 1.85. The summed E-state index contributed by atoms with van der Waals surface area (Å²) in [5, 5.41) is 7.49. The molecule has 6 nitrogen and oxygen atoms in total. The second kappa shape index (κ2) is 7.19. The molecule has 2 aromatic rings. The highest BCUT2D eigenvalue weighted by molar-refractivity contribution is 5.89. The molecular formula is C17H20N4O2. The third-order valence-corrected chi connectivity index (χ3v) is 3.84. The Morgan fingerprint density at radius 2 is 1.91 bits per heavy atom. The van der Waals surface area contributed by atoms with Crippen molar-refractivity contribution in [1.29, 1.82) is 0 Å². The van der Waals surface area contributed by atoms with Crippen molar-refractivity contribution < 1.29 is 9.21 Å². The molecular weight excluding hydrogens is 292 g/mol. The van der Waals surface area contributed by atoms with E-state index in [1.54, 1.807) is 11.8 Å². The summed E-state index contributed by atoms with van der Waals surface area (Å²) in [6, 6.07) is 10.2. The highest BCUT2D eigenvalue weighted by atomic mass is 16.4. The maximum Gasteiger partial charge on any atom is 0.311 e. The molecule has 1 amide bonds. The van der Waals surface area contributed by atoms with Crippen molar-refractivity contribution in [3.8, 4) is 0 Å². The summed E-state index contributed by atoms with van der Waals surface area (Å²) in [6.45, 7) is 5.62. The summed E-state index contributed by atoms with van der Waals surface area (Å²) in [4.78, 5) is 16.3. The fourth-order valence-electron chi connectivity index (χ4n) is 2.55. The van der Waals surface area contributed by atoms with Gasteiger partial charge in [-0.25, -0.2) is 0 Å². The normalized spacial score (nSPS) is 16.1. The van der Waals surface area contributed by atoms with Crippen molar-refractivity contribution in [2.24, 2.45) is 0 Å². The first-order valence-corrected chi connectivity index (χ1v) is 7.76. The Labute approximate surface area is 135 Å². The Hall–Kier alpha value is -2.47. The molecule has 1 aromatic heterocycles. The SMILES string of the molecule is Cc1nnc(C(=O)N2CCN(C/C=C/c3ccccc3)CC2)o1. The van der Waals surface area contributed by atoms with Gasteiger partial charge in [0.1, 0.15) is 0 Å². The van der Waals surface area contributed by atoms with Crippen LogP contribution in [0.5, 0.6) is 0 Å². The Morgan fingerprint density at radius 3 is 2.57 bits per heavy atom. The lowest BCUT2D eigenvalue weighted by atomic mass is 10.2. The quantitative estimate of drug-likeness (QED) is 0.862. The van der Waals surface area contributed by atoms with Crippen LogP contribution in [-0.4, -0.2) is 58.6 Å². The number of aromatic nitrogens is 2. The lowest BCUT2D eigenvalue weighted by Crippen LogP contribution is -2.48. The van der Waals surface area contributed by atoms with E-state index < -0.39 is 0 Å². The highest BCUT2D eigenvalue weighted by Crippen LogP contribution is 2.08. The fourth-order valence-corrected chi connectivity index (χ4v) is 2.55. The summed E-state index contributed by atoms with van der Waals surface area (Å²) in [5.41, 5.74) is 1.20. The largest absolute Gasteiger partial charge is 0.417 e. The molecule has 23 heavy (non-hydrogen) atoms. The average Bonchev–Trinajstić information content (AvgIpc) is 3.02. The number of nitrogens with zero attached hydrogens (tertiary/aromatic N) is 4. The molecule has 0 aliphatic carbocycles. The molecule has 0 unspecified atom stereocenters. The number of hydrogen-bond acceptors (Lipinski definition) is 5. The van der Waals surface area contributed by atoms with Gasteiger partial charge in [0.05, 0.1) is 0 Å². The number of aryl methyl sites for hydroxylation is 1. The van der Waals surface area contributed by atoms with E-state index in [0.717, 1.165) is 19.6 Å². The molecule has 1 fully saturated rings. The number of rotatable bonds is 4. The van der Waals surface area contributed by atoms with E-state index in [1.165, 1.54) is 5.56 Å². The van der Waals surface area contributed by atoms with E-state index >= 15 is 0 Å². The topological polar surface area (TPSA) is 62.5 Å². The maximum atomic E-state index is 12.2. The summed E-state index contributed by atoms with van der Waals surface area (Å²) >= 11 is 0. The Kier molecular flexibility index (Phi) is 4.83. The van der Waals surface area contributed by atoms with Gasteiger partial charge in [-0.15, -0.1) is 10.2 Å². The fraction of sp³-hybridized carbons (Fsp3) is 0.353. The van der Waals surface area contributed by atoms with Crippen molar-refractivity contribution in [2.75, 3.05) is 32.7 Å². The zero-order valence-electron chi connectivity index (χ0n) is 13.2. The van der Waals surface area contributed by atoms with Crippen LogP contribution in [-0.2, 0) is 0 Å². The van der Waals surface area contributed by atoms with Crippen LogP contribution < -0.4 is 0 Å². The lowest BCUT2D eigenvalue weighted by Gasteiger charge is -2.33. The first-order valence-electron chi connectivity index (χ1n) is 7.76. The van der Waals surface area contributed by atoms with E-state index in [4.69, 9.17) is 4.42 Å². The van der Waals surface area contributed by atoms with Gasteiger partial charge in [0.25, 0.3) is 0 Å². The maximum absolute atomic E-state index is 12.2. The molecule has 0 spiro atoms. The van der Waals surface area contributed by atoms with E-state index in [1.807, 2.05) is 18.2 Å². The molecule has 1 aromatic carbocycles. The molecule has 2 heterocycles. The summed E-state index contributed by atoms with van der Waals surface area (Å²) in [6.07, 6.45) is 4.28. The van der Waals surface area contributed by atoms with Crippen LogP contribution >= 0.6 is 0 Å². The molecule has 0 saturated carbocycles. The van der Waals surface area contributed by atoms with Crippen molar-refractivity contribution in [2.45, 2.75) is 6.92 Å². The van der Waals surface area contributed by atoms with E-state index in [0.29, 0.717) is 19.0 Å². The molecule has 1 aliphatic heterocycles. The predicted molar refractivity (Wildman–Crippen MR) is 86.9 cm³/mol. The van der Waals surface area contributed by atoms with Crippen LogP contribution in [0.15, 0.2) is 40.8 Å². The minimum absolute atomic E-state index is 0.0833. The van der Waals surface area contributed by atoms with Gasteiger partial charge in [-0.1, -0.05) is 42.5 Å². The lowest BCUT2D eigenvalue weighted by molar-refractivity contribution is 0.0609. The zero-order valence-corrected chi connectivity index (χ0v) is 13.2. The van der Waals surface area contributed by atoms with Gasteiger partial charge in [0.2, 0.25) is 5.89 Å². The summed E-state index contributed by atoms with van der Waals surface area (Å²) in [5.74, 6) is 0.322. The van der Waals surface area contributed by atoms with Crippen molar-refractivity contribution in [3.05, 3.63) is 53.8 Å². The van der Waals surface area contributed by atoms with Gasteiger partial charge in [0.15, 0.2) is 0 Å². The summed E-state index contributed by atoms with van der Waals surface area (Å²) in [7, 11) is 0. The van der Waals surface area contributed by atoms with Gasteiger partial charge in [-0.2, -0.15) is 0 Å². The Morgan fingerprint density at radius 1 is 1.17 bits per heavy atom. The van der Waals surface area contributed by atoms with Crippen molar-refractivity contribution in [1.82, 2.24) is 20.0 Å². The molecule has 1 aliphatic rings. The molecule has 0 N–H and O–H groups in total. The second-order valence-electron chi connectivity index (χ2n) is 5.53. The number of hydrogen-bond donors (Lipinski definition) is 0. The number of carbonyl (C=O) groups is 1. The van der Waals surface area contributed by atoms with E-state index in [-0.39, 0.29) is 11.8 Å². The third-order valence-electron chi connectivity index (χ3n) is 3.84. The van der Waals surface area contributed by atoms with Gasteiger partial charge in [0, 0.05) is 39.6 Å². The standard InChI is InChI=1S/C17H20N4O2/c1-14-18-19-16(23-14)17(22)21-12-10-20(11-13-21)9-5-8-15-6-3-2-4-7-15/h2-8H,9-13H2,1H3/b8-5+. The van der Waals surface area contributed by atoms with Crippen LogP contribution in [0.2, 0.25) is 0 Å². The van der Waals surface area contributed by atoms with Crippen LogP contribution in [0.3, 0.4) is 0 Å². The van der Waals surface area contributed by atoms with E-state index in [2.05, 4.69) is 39.4 Å². The smallest absolute Gasteiger partial charge is 0.311 e. The molecule has 3 rings (SSSR count). The second-order valence-corrected chi connectivity index (χ2v) is 5.53. The van der Waals surface area contributed by atoms with Crippen LogP contribution in [0.4, 0.5) is 0 Å². The van der Waals surface area contributed by atoms with Gasteiger partial charge < -0.3 is 9.32 Å². The molecule has 6 heteroatoms. The number of benzene rings is 1. The van der Waals surface area contributed by atoms with Gasteiger partial charge in [-0.05, 0) is 5.56 Å². The minimum atomic E-state index is -0.176. The monoisotopic (exact) mass is 312 g/mol. The minimum Gasteiger partial charge on any atom is -0.417 e. The molecule has 0 radical (unpaired) electrons. The Bertz CT molecular complexity index is 673. The van der Waals surface area contributed by atoms with Crippen LogP contribution in [0.1, 0.15) is 22.1 Å². The van der Waals surface area contributed by atoms with Crippen LogP contribution in [0.25, 0.3) is 6.08 Å². The average molecular weight is 312 g/mol. The first kappa shape index (κ1) is 15.4. The summed E-state index contributed by atoms with van der Waals surface area (Å²) < 4.78 is 5.20. The zero-order chi connectivity index (χ0) is 16.1. The van der Waals surface area contributed by atoms with Crippen LogP contribution in [0, 0.1) is 6.92 Å². The molecule has 0 atom stereocenters. The van der Waals surface area contributed by atoms with Gasteiger partial charge in [-0.3, -0.25) is 9.69 Å². The van der Waals surface area contributed by atoms with Gasteiger partial charge >= 0.3 is 11.8 Å². The number of piperazine rings is 1. The number of amides is 1. The molecule has 1 saturated heterocycles. The first-order chi connectivity index (χ1) is 11.2. The molecule has 0 bridgehead atoms. The molecule has 120 valence electrons. The van der Waals surface area contributed by atoms with Crippen molar-refractivity contribution in [3.63, 3.8) is 0 Å². The number of carbonyl (C=O) groups excluding carboxylic acids is 1.